The van der Waals surface area contributed by atoms with E-state index in [4.69, 9.17) is 11.6 Å². The van der Waals surface area contributed by atoms with Crippen LogP contribution in [0.3, 0.4) is 0 Å². The summed E-state index contributed by atoms with van der Waals surface area (Å²) in [6, 6.07) is 2.93. The Kier molecular flexibility index (Phi) is 6.73. The Morgan fingerprint density at radius 1 is 1.29 bits per heavy atom. The van der Waals surface area contributed by atoms with E-state index >= 15 is 0 Å². The number of thiazole rings is 1. The van der Waals surface area contributed by atoms with Crippen molar-refractivity contribution in [3.05, 3.63) is 34.5 Å². The lowest BCUT2D eigenvalue weighted by atomic mass is 9.83. The van der Waals surface area contributed by atoms with Crippen molar-refractivity contribution in [2.24, 2.45) is 0 Å². The Balaban J connectivity index is 1.52. The molecule has 0 aliphatic heterocycles. The zero-order chi connectivity index (χ0) is 22.2. The summed E-state index contributed by atoms with van der Waals surface area (Å²) in [5.41, 5.74) is 0.381. The van der Waals surface area contributed by atoms with Gasteiger partial charge in [-0.1, -0.05) is 24.4 Å². The van der Waals surface area contributed by atoms with Gasteiger partial charge in [0.2, 0.25) is 0 Å². The third-order valence-electron chi connectivity index (χ3n) is 6.22. The molecule has 0 amide bonds. The van der Waals surface area contributed by atoms with E-state index in [-0.39, 0.29) is 28.3 Å². The van der Waals surface area contributed by atoms with E-state index in [2.05, 4.69) is 27.0 Å². The lowest BCUT2D eigenvalue weighted by Gasteiger charge is -2.47. The van der Waals surface area contributed by atoms with Gasteiger partial charge in [0.25, 0.3) is 10.0 Å². The Morgan fingerprint density at radius 2 is 2.03 bits per heavy atom. The molecule has 1 aromatic heterocycles. The summed E-state index contributed by atoms with van der Waals surface area (Å²) in [5, 5.41) is 14.9. The number of benzene rings is 1. The first kappa shape index (κ1) is 22.7. The van der Waals surface area contributed by atoms with Crippen molar-refractivity contribution in [1.29, 1.82) is 0 Å². The summed E-state index contributed by atoms with van der Waals surface area (Å²) in [6.45, 7) is 0. The maximum absolute atomic E-state index is 14.8. The highest BCUT2D eigenvalue weighted by Crippen LogP contribution is 2.35. The number of halogens is 2. The molecule has 0 bridgehead atoms. The number of rotatable bonds is 7. The molecule has 31 heavy (non-hydrogen) atoms. The van der Waals surface area contributed by atoms with Gasteiger partial charge in [0.05, 0.1) is 16.8 Å². The van der Waals surface area contributed by atoms with E-state index in [0.29, 0.717) is 11.7 Å². The van der Waals surface area contributed by atoms with Crippen molar-refractivity contribution in [2.45, 2.75) is 67.6 Å². The molecule has 2 aromatic rings. The van der Waals surface area contributed by atoms with E-state index in [1.165, 1.54) is 6.20 Å². The minimum atomic E-state index is -4.14. The number of sulfonamides is 1. The van der Waals surface area contributed by atoms with Gasteiger partial charge in [-0.25, -0.2) is 17.8 Å². The van der Waals surface area contributed by atoms with E-state index in [1.54, 1.807) is 5.38 Å². The first-order valence-electron chi connectivity index (χ1n) is 10.3. The minimum Gasteiger partial charge on any atom is -0.393 e. The second-order valence-electron chi connectivity index (χ2n) is 8.25. The van der Waals surface area contributed by atoms with Gasteiger partial charge < -0.3 is 10.4 Å². The Bertz CT molecular complexity index is 1020. The number of anilines is 2. The highest BCUT2D eigenvalue weighted by Gasteiger charge is 2.37. The standard InChI is InChI=1S/C20H26ClFN4O3S2/c1-26(12-8-13(27)9-12)18-5-3-2-4-16(18)24-17-11-15(22)19(10-14(17)21)31(28,29)25-20-23-6-7-30-20/h6-7,10-13,16,18,24,27H,2-5,8-9H2,1H3,(H,23,25)/t12-,13-,16-,18-/m0/s1. The van der Waals surface area contributed by atoms with Gasteiger partial charge in [-0.2, -0.15) is 0 Å². The van der Waals surface area contributed by atoms with E-state index < -0.39 is 20.7 Å². The quantitative estimate of drug-likeness (QED) is 0.547. The van der Waals surface area contributed by atoms with Crippen LogP contribution in [-0.4, -0.2) is 54.7 Å². The summed E-state index contributed by atoms with van der Waals surface area (Å²) >= 11 is 7.48. The van der Waals surface area contributed by atoms with E-state index in [9.17, 15) is 17.9 Å². The topological polar surface area (TPSA) is 94.6 Å². The van der Waals surface area contributed by atoms with Crippen molar-refractivity contribution in [2.75, 3.05) is 17.1 Å². The lowest BCUT2D eigenvalue weighted by Crippen LogP contribution is -2.55. The van der Waals surface area contributed by atoms with Crippen molar-refractivity contribution in [1.82, 2.24) is 9.88 Å². The average molecular weight is 489 g/mol. The number of hydrogen-bond donors (Lipinski definition) is 3. The van der Waals surface area contributed by atoms with Gasteiger partial charge in [0.1, 0.15) is 10.7 Å². The van der Waals surface area contributed by atoms with Crippen LogP contribution in [0.4, 0.5) is 15.2 Å². The Morgan fingerprint density at radius 3 is 2.71 bits per heavy atom. The van der Waals surface area contributed by atoms with E-state index in [1.807, 2.05) is 0 Å². The number of nitrogens with one attached hydrogen (secondary N) is 2. The lowest BCUT2D eigenvalue weighted by molar-refractivity contribution is -0.0130. The second kappa shape index (κ2) is 9.19. The second-order valence-corrected chi connectivity index (χ2v) is 11.2. The number of nitrogens with zero attached hydrogens (tertiary/aromatic N) is 2. The molecule has 0 radical (unpaired) electrons. The normalized spacial score (nSPS) is 26.5. The average Bonchev–Trinajstić information content (AvgIpc) is 3.20. The molecule has 1 heterocycles. The molecule has 1 aromatic carbocycles. The summed E-state index contributed by atoms with van der Waals surface area (Å²) < 4.78 is 42.2. The van der Waals surface area contributed by atoms with Crippen LogP contribution in [-0.2, 0) is 10.0 Å². The minimum absolute atomic E-state index is 0.0595. The van der Waals surface area contributed by atoms with Crippen LogP contribution in [0.15, 0.2) is 28.6 Å². The van der Waals surface area contributed by atoms with E-state index in [0.717, 1.165) is 62.0 Å². The van der Waals surface area contributed by atoms with Crippen LogP contribution in [0.1, 0.15) is 38.5 Å². The van der Waals surface area contributed by atoms with Gasteiger partial charge in [0, 0.05) is 29.7 Å². The fourth-order valence-corrected chi connectivity index (χ4v) is 6.58. The molecular formula is C20H26ClFN4O3S2. The zero-order valence-electron chi connectivity index (χ0n) is 17.1. The number of likely N-dealkylation sites (N-methyl/N-ethyl adjacent to an activating group) is 1. The van der Waals surface area contributed by atoms with Crippen molar-refractivity contribution < 1.29 is 17.9 Å². The third-order valence-corrected chi connectivity index (χ3v) is 8.71. The van der Waals surface area contributed by atoms with Crippen LogP contribution in [0.5, 0.6) is 0 Å². The first-order chi connectivity index (χ1) is 14.7. The smallest absolute Gasteiger partial charge is 0.266 e. The summed E-state index contributed by atoms with van der Waals surface area (Å²) in [5.74, 6) is -0.876. The molecule has 2 fully saturated rings. The Hall–Kier alpha value is -1.46. The predicted molar refractivity (Wildman–Crippen MR) is 121 cm³/mol. The maximum atomic E-state index is 14.8. The molecule has 11 heteroatoms. The highest BCUT2D eigenvalue weighted by atomic mass is 35.5. The van der Waals surface area contributed by atoms with Gasteiger partial charge in [-0.05, 0) is 44.9 Å². The summed E-state index contributed by atoms with van der Waals surface area (Å²) in [4.78, 5) is 5.66. The number of aliphatic hydroxyl groups excluding tert-OH is 1. The zero-order valence-corrected chi connectivity index (χ0v) is 19.5. The van der Waals surface area contributed by atoms with Gasteiger partial charge in [0.15, 0.2) is 5.13 Å². The fraction of sp³-hybridized carbons (Fsp3) is 0.550. The molecule has 2 saturated carbocycles. The maximum Gasteiger partial charge on any atom is 0.266 e. The van der Waals surface area contributed by atoms with Gasteiger partial charge >= 0.3 is 0 Å². The van der Waals surface area contributed by atoms with Crippen molar-refractivity contribution in [3.63, 3.8) is 0 Å². The molecule has 0 unspecified atom stereocenters. The highest BCUT2D eigenvalue weighted by molar-refractivity contribution is 7.93. The summed E-state index contributed by atoms with van der Waals surface area (Å²) in [7, 11) is -2.07. The van der Waals surface area contributed by atoms with Crippen LogP contribution >= 0.6 is 22.9 Å². The van der Waals surface area contributed by atoms with Gasteiger partial charge in [-0.15, -0.1) is 11.3 Å². The third kappa shape index (κ3) is 4.98. The molecule has 2 atom stereocenters. The monoisotopic (exact) mass is 488 g/mol. The van der Waals surface area contributed by atoms with Crippen LogP contribution < -0.4 is 10.0 Å². The number of hydrogen-bond acceptors (Lipinski definition) is 7. The Labute approximate surface area is 190 Å². The molecule has 170 valence electrons. The molecule has 2 aliphatic rings. The SMILES string of the molecule is CN([C@H]1C[C@H](O)C1)[C@H]1CCCC[C@@H]1Nc1cc(F)c(S(=O)(=O)Nc2nccs2)cc1Cl. The summed E-state index contributed by atoms with van der Waals surface area (Å²) in [6.07, 6.45) is 6.86. The fourth-order valence-electron chi connectivity index (χ4n) is 4.42. The molecule has 4 rings (SSSR count). The molecule has 2 aliphatic carbocycles. The molecule has 7 nitrogen and oxygen atoms in total. The largest absolute Gasteiger partial charge is 0.393 e. The van der Waals surface area contributed by atoms with Gasteiger partial charge in [-0.3, -0.25) is 9.62 Å². The number of aliphatic hydroxyl groups is 1. The molecule has 0 spiro atoms. The molecule has 0 saturated heterocycles. The predicted octanol–water partition coefficient (Wildman–Crippen LogP) is 3.91. The molecule has 3 N–H and O–H groups in total. The van der Waals surface area contributed by atoms with Crippen LogP contribution in [0.25, 0.3) is 0 Å². The molecular weight excluding hydrogens is 463 g/mol. The van der Waals surface area contributed by atoms with Crippen molar-refractivity contribution in [3.8, 4) is 0 Å². The van der Waals surface area contributed by atoms with Crippen LogP contribution in [0, 0.1) is 5.82 Å². The first-order valence-corrected chi connectivity index (χ1v) is 13.1. The van der Waals surface area contributed by atoms with Crippen LogP contribution in [0.2, 0.25) is 5.02 Å². The van der Waals surface area contributed by atoms with Crippen molar-refractivity contribution >= 4 is 43.8 Å². The number of aromatic nitrogens is 1.